The molecule has 23 heavy (non-hydrogen) atoms. The predicted octanol–water partition coefficient (Wildman–Crippen LogP) is 3.10. The number of aromatic nitrogens is 3. The van der Waals surface area contributed by atoms with Gasteiger partial charge in [-0.05, 0) is 36.4 Å². The van der Waals surface area contributed by atoms with Gasteiger partial charge in [-0.2, -0.15) is 5.10 Å². The molecule has 0 aliphatic rings. The summed E-state index contributed by atoms with van der Waals surface area (Å²) in [6, 6.07) is 16.4. The highest BCUT2D eigenvalue weighted by atomic mass is 35.5. The monoisotopic (exact) mass is 326 g/mol. The van der Waals surface area contributed by atoms with Crippen LogP contribution in [-0.4, -0.2) is 27.6 Å². The minimum absolute atomic E-state index is 0.0944. The molecule has 5 nitrogen and oxygen atoms in total. The molecule has 0 radical (unpaired) electrons. The molecule has 2 aromatic carbocycles. The summed E-state index contributed by atoms with van der Waals surface area (Å²) in [5.74, 6) is 1.25. The van der Waals surface area contributed by atoms with Crippen LogP contribution in [0.25, 0.3) is 11.4 Å². The zero-order chi connectivity index (χ0) is 16.1. The molecule has 0 aliphatic carbocycles. The van der Waals surface area contributed by atoms with E-state index in [1.54, 1.807) is 24.3 Å². The summed E-state index contributed by atoms with van der Waals surface area (Å²) in [5.41, 5.74) is 1.54. The molecule has 116 valence electrons. The minimum atomic E-state index is -0.0944. The van der Waals surface area contributed by atoms with Gasteiger partial charge in [0.05, 0.1) is 0 Å². The summed E-state index contributed by atoms with van der Waals surface area (Å²) in [5, 5.41) is 10.6. The molecule has 0 saturated heterocycles. The van der Waals surface area contributed by atoms with E-state index < -0.39 is 0 Å². The first kappa shape index (κ1) is 15.2. The Hall–Kier alpha value is -2.66. The number of aromatic amines is 1. The molecule has 3 aromatic rings. The van der Waals surface area contributed by atoms with Crippen molar-refractivity contribution in [2.24, 2.45) is 0 Å². The number of amides is 1. The Morgan fingerprint density at radius 3 is 2.57 bits per heavy atom. The quantitative estimate of drug-likeness (QED) is 0.757. The zero-order valence-corrected chi connectivity index (χ0v) is 13.0. The third-order valence-electron chi connectivity index (χ3n) is 3.32. The first-order valence-electron chi connectivity index (χ1n) is 7.23. The van der Waals surface area contributed by atoms with E-state index in [9.17, 15) is 4.79 Å². The predicted molar refractivity (Wildman–Crippen MR) is 89.3 cm³/mol. The van der Waals surface area contributed by atoms with Crippen LogP contribution in [0.2, 0.25) is 5.02 Å². The van der Waals surface area contributed by atoms with Crippen molar-refractivity contribution in [2.75, 3.05) is 6.54 Å². The second-order valence-corrected chi connectivity index (χ2v) is 5.42. The first-order chi connectivity index (χ1) is 11.2. The summed E-state index contributed by atoms with van der Waals surface area (Å²) < 4.78 is 0. The van der Waals surface area contributed by atoms with E-state index >= 15 is 0 Å². The zero-order valence-electron chi connectivity index (χ0n) is 12.3. The number of carbonyl (C=O) groups is 1. The van der Waals surface area contributed by atoms with Gasteiger partial charge in [-0.15, -0.1) is 0 Å². The molecule has 6 heteroatoms. The molecule has 0 unspecified atom stereocenters. The van der Waals surface area contributed by atoms with Gasteiger partial charge in [0.15, 0.2) is 5.82 Å². The van der Waals surface area contributed by atoms with Crippen molar-refractivity contribution in [2.45, 2.75) is 6.42 Å². The SMILES string of the molecule is O=C(NCCc1nc(-c2ccc(Cl)cc2)n[nH]1)c1ccccc1. The minimum Gasteiger partial charge on any atom is -0.352 e. The van der Waals surface area contributed by atoms with Gasteiger partial charge in [0.25, 0.3) is 5.91 Å². The molecule has 0 atom stereocenters. The van der Waals surface area contributed by atoms with Crippen LogP contribution in [0.15, 0.2) is 54.6 Å². The van der Waals surface area contributed by atoms with Crippen LogP contribution in [-0.2, 0) is 6.42 Å². The highest BCUT2D eigenvalue weighted by Crippen LogP contribution is 2.17. The second-order valence-electron chi connectivity index (χ2n) is 4.98. The molecule has 0 spiro atoms. The third-order valence-corrected chi connectivity index (χ3v) is 3.57. The lowest BCUT2D eigenvalue weighted by Gasteiger charge is -2.03. The van der Waals surface area contributed by atoms with Gasteiger partial charge >= 0.3 is 0 Å². The molecule has 0 fully saturated rings. The van der Waals surface area contributed by atoms with E-state index in [1.165, 1.54) is 0 Å². The fraction of sp³-hybridized carbons (Fsp3) is 0.118. The molecule has 0 saturated carbocycles. The average molecular weight is 327 g/mol. The molecular weight excluding hydrogens is 312 g/mol. The van der Waals surface area contributed by atoms with Gasteiger partial charge in [0.1, 0.15) is 5.82 Å². The number of halogens is 1. The Morgan fingerprint density at radius 2 is 1.83 bits per heavy atom. The van der Waals surface area contributed by atoms with Crippen molar-refractivity contribution in [1.29, 1.82) is 0 Å². The van der Waals surface area contributed by atoms with E-state index in [-0.39, 0.29) is 5.91 Å². The van der Waals surface area contributed by atoms with E-state index in [2.05, 4.69) is 20.5 Å². The number of hydrogen-bond acceptors (Lipinski definition) is 3. The summed E-state index contributed by atoms with van der Waals surface area (Å²) in [4.78, 5) is 16.3. The maximum atomic E-state index is 11.9. The fourth-order valence-corrected chi connectivity index (χ4v) is 2.25. The van der Waals surface area contributed by atoms with Crippen molar-refractivity contribution in [1.82, 2.24) is 20.5 Å². The Morgan fingerprint density at radius 1 is 1.09 bits per heavy atom. The third kappa shape index (κ3) is 3.96. The summed E-state index contributed by atoms with van der Waals surface area (Å²) >= 11 is 5.86. The lowest BCUT2D eigenvalue weighted by atomic mass is 10.2. The normalized spacial score (nSPS) is 10.5. The molecular formula is C17H15ClN4O. The van der Waals surface area contributed by atoms with Crippen molar-refractivity contribution in [3.63, 3.8) is 0 Å². The second kappa shape index (κ2) is 7.07. The molecule has 1 heterocycles. The number of hydrogen-bond donors (Lipinski definition) is 2. The lowest BCUT2D eigenvalue weighted by Crippen LogP contribution is -2.25. The van der Waals surface area contributed by atoms with Gasteiger partial charge < -0.3 is 5.32 Å². The topological polar surface area (TPSA) is 70.7 Å². The number of H-pyrrole nitrogens is 1. The molecule has 1 amide bonds. The number of nitrogens with zero attached hydrogens (tertiary/aromatic N) is 2. The first-order valence-corrected chi connectivity index (χ1v) is 7.60. The highest BCUT2D eigenvalue weighted by Gasteiger charge is 2.07. The van der Waals surface area contributed by atoms with E-state index in [1.807, 2.05) is 30.3 Å². The van der Waals surface area contributed by atoms with Crippen molar-refractivity contribution in [3.8, 4) is 11.4 Å². The van der Waals surface area contributed by atoms with Crippen LogP contribution < -0.4 is 5.32 Å². The number of carbonyl (C=O) groups excluding carboxylic acids is 1. The average Bonchev–Trinajstić information content (AvgIpc) is 3.05. The van der Waals surface area contributed by atoms with Crippen LogP contribution in [0.3, 0.4) is 0 Å². The fourth-order valence-electron chi connectivity index (χ4n) is 2.12. The Balaban J connectivity index is 1.55. The van der Waals surface area contributed by atoms with E-state index in [0.29, 0.717) is 29.4 Å². The Kier molecular flexibility index (Phi) is 4.68. The van der Waals surface area contributed by atoms with E-state index in [4.69, 9.17) is 11.6 Å². The maximum absolute atomic E-state index is 11.9. The van der Waals surface area contributed by atoms with Crippen molar-refractivity contribution >= 4 is 17.5 Å². The lowest BCUT2D eigenvalue weighted by molar-refractivity contribution is 0.0954. The summed E-state index contributed by atoms with van der Waals surface area (Å²) in [6.45, 7) is 0.489. The maximum Gasteiger partial charge on any atom is 0.251 e. The molecule has 2 N–H and O–H groups in total. The molecule has 3 rings (SSSR count). The largest absolute Gasteiger partial charge is 0.352 e. The van der Waals surface area contributed by atoms with Crippen LogP contribution in [0.5, 0.6) is 0 Å². The van der Waals surface area contributed by atoms with E-state index in [0.717, 1.165) is 11.4 Å². The summed E-state index contributed by atoms with van der Waals surface area (Å²) in [6.07, 6.45) is 0.583. The van der Waals surface area contributed by atoms with Crippen LogP contribution in [0.4, 0.5) is 0 Å². The molecule has 1 aromatic heterocycles. The number of nitrogens with one attached hydrogen (secondary N) is 2. The summed E-state index contributed by atoms with van der Waals surface area (Å²) in [7, 11) is 0. The smallest absolute Gasteiger partial charge is 0.251 e. The number of rotatable bonds is 5. The molecule has 0 aliphatic heterocycles. The highest BCUT2D eigenvalue weighted by molar-refractivity contribution is 6.30. The van der Waals surface area contributed by atoms with Gasteiger partial charge in [-0.25, -0.2) is 4.98 Å². The van der Waals surface area contributed by atoms with Crippen LogP contribution >= 0.6 is 11.6 Å². The van der Waals surface area contributed by atoms with Gasteiger partial charge in [0.2, 0.25) is 0 Å². The van der Waals surface area contributed by atoms with Crippen LogP contribution in [0, 0.1) is 0 Å². The van der Waals surface area contributed by atoms with Crippen molar-refractivity contribution in [3.05, 3.63) is 71.0 Å². The van der Waals surface area contributed by atoms with Gasteiger partial charge in [-0.3, -0.25) is 9.89 Å². The molecule has 0 bridgehead atoms. The Bertz CT molecular complexity index is 784. The number of benzene rings is 2. The van der Waals surface area contributed by atoms with Crippen molar-refractivity contribution < 1.29 is 4.79 Å². The van der Waals surface area contributed by atoms with Gasteiger partial charge in [-0.1, -0.05) is 29.8 Å². The standard InChI is InChI=1S/C17H15ClN4O/c18-14-8-6-12(7-9-14)16-20-15(21-22-16)10-11-19-17(23)13-4-2-1-3-5-13/h1-9H,10-11H2,(H,19,23)(H,20,21,22). The Labute approximate surface area is 138 Å². The van der Waals surface area contributed by atoms with Gasteiger partial charge in [0, 0.05) is 29.1 Å². The van der Waals surface area contributed by atoms with Crippen LogP contribution in [0.1, 0.15) is 16.2 Å².